The Kier molecular flexibility index (Phi) is 3.91. The molecule has 0 radical (unpaired) electrons. The third kappa shape index (κ3) is 3.04. The Morgan fingerprint density at radius 2 is 2.17 bits per heavy atom. The van der Waals surface area contributed by atoms with Crippen LogP contribution >= 0.6 is 0 Å². The molecule has 5 heteroatoms. The molecule has 2 rings (SSSR count). The number of carbonyl (C=O) groups is 1. The molecule has 1 aliphatic rings. The van der Waals surface area contributed by atoms with Crippen molar-refractivity contribution in [2.75, 3.05) is 20.1 Å². The van der Waals surface area contributed by atoms with Crippen molar-refractivity contribution in [3.05, 3.63) is 35.4 Å². The molecule has 0 saturated carbocycles. The Labute approximate surface area is 105 Å². The molecule has 1 N–H and O–H groups in total. The van der Waals surface area contributed by atoms with Crippen LogP contribution in [-0.2, 0) is 0 Å². The van der Waals surface area contributed by atoms with E-state index in [0.29, 0.717) is 0 Å². The third-order valence-corrected chi connectivity index (χ3v) is 3.14. The zero-order chi connectivity index (χ0) is 13.1. The minimum absolute atomic E-state index is 0.0735. The van der Waals surface area contributed by atoms with Gasteiger partial charge in [0.05, 0.1) is 0 Å². The van der Waals surface area contributed by atoms with Gasteiger partial charge in [-0.25, -0.2) is 8.78 Å². The van der Waals surface area contributed by atoms with Gasteiger partial charge in [0.2, 0.25) is 0 Å². The zero-order valence-corrected chi connectivity index (χ0v) is 10.2. The smallest absolute Gasteiger partial charge is 0.251 e. The lowest BCUT2D eigenvalue weighted by Gasteiger charge is -2.30. The van der Waals surface area contributed by atoms with E-state index in [-0.39, 0.29) is 17.5 Å². The summed E-state index contributed by atoms with van der Waals surface area (Å²) in [6, 6.07) is 3.26. The lowest BCUT2D eigenvalue weighted by atomic mass is 10.1. The second-order valence-corrected chi connectivity index (χ2v) is 4.70. The van der Waals surface area contributed by atoms with Crippen molar-refractivity contribution in [2.45, 2.75) is 18.9 Å². The summed E-state index contributed by atoms with van der Waals surface area (Å²) in [7, 11) is 2.00. The minimum Gasteiger partial charge on any atom is -0.348 e. The maximum atomic E-state index is 13.0. The molecule has 0 unspecified atom stereocenters. The molecular weight excluding hydrogens is 238 g/mol. The number of rotatable bonds is 2. The molecule has 1 fully saturated rings. The predicted molar refractivity (Wildman–Crippen MR) is 64.3 cm³/mol. The first-order chi connectivity index (χ1) is 8.56. The van der Waals surface area contributed by atoms with Crippen molar-refractivity contribution in [2.24, 2.45) is 0 Å². The predicted octanol–water partition coefficient (Wildman–Crippen LogP) is 1.79. The van der Waals surface area contributed by atoms with E-state index < -0.39 is 11.6 Å². The Morgan fingerprint density at radius 1 is 1.39 bits per heavy atom. The number of benzene rings is 1. The minimum atomic E-state index is -0.997. The third-order valence-electron chi connectivity index (χ3n) is 3.14. The maximum Gasteiger partial charge on any atom is 0.251 e. The molecule has 1 aliphatic heterocycles. The number of carbonyl (C=O) groups excluding carboxylic acids is 1. The second-order valence-electron chi connectivity index (χ2n) is 4.70. The molecule has 0 spiro atoms. The van der Waals surface area contributed by atoms with Gasteiger partial charge < -0.3 is 10.2 Å². The first-order valence-corrected chi connectivity index (χ1v) is 6.00. The molecule has 1 atom stereocenters. The van der Waals surface area contributed by atoms with Crippen molar-refractivity contribution in [3.8, 4) is 0 Å². The van der Waals surface area contributed by atoms with Gasteiger partial charge in [0.1, 0.15) is 0 Å². The number of nitrogens with one attached hydrogen (secondary N) is 1. The Bertz CT molecular complexity index is 451. The molecular formula is C13H16F2N2O. The summed E-state index contributed by atoms with van der Waals surface area (Å²) in [4.78, 5) is 14.0. The van der Waals surface area contributed by atoms with Crippen LogP contribution in [0.1, 0.15) is 23.2 Å². The molecule has 1 heterocycles. The summed E-state index contributed by atoms with van der Waals surface area (Å²) in [6.07, 6.45) is 1.94. The molecule has 1 amide bonds. The van der Waals surface area contributed by atoms with Gasteiger partial charge in [-0.3, -0.25) is 4.79 Å². The van der Waals surface area contributed by atoms with E-state index in [9.17, 15) is 13.6 Å². The highest BCUT2D eigenvalue weighted by Crippen LogP contribution is 2.11. The van der Waals surface area contributed by atoms with Crippen molar-refractivity contribution in [3.63, 3.8) is 0 Å². The van der Waals surface area contributed by atoms with Crippen LogP contribution in [-0.4, -0.2) is 37.0 Å². The summed E-state index contributed by atoms with van der Waals surface area (Å²) < 4.78 is 25.8. The normalized spacial score (nSPS) is 20.7. The van der Waals surface area contributed by atoms with Gasteiger partial charge >= 0.3 is 0 Å². The topological polar surface area (TPSA) is 32.3 Å². The number of nitrogens with zero attached hydrogens (tertiary/aromatic N) is 1. The van der Waals surface area contributed by atoms with Gasteiger partial charge in [0.15, 0.2) is 11.6 Å². The molecule has 3 nitrogen and oxygen atoms in total. The second kappa shape index (κ2) is 5.44. The number of amides is 1. The Hall–Kier alpha value is -1.49. The molecule has 1 saturated heterocycles. The number of hydrogen-bond acceptors (Lipinski definition) is 2. The lowest BCUT2D eigenvalue weighted by molar-refractivity contribution is 0.0912. The molecule has 98 valence electrons. The first-order valence-electron chi connectivity index (χ1n) is 6.00. The highest BCUT2D eigenvalue weighted by molar-refractivity contribution is 5.94. The summed E-state index contributed by atoms with van der Waals surface area (Å²) in [6.45, 7) is 1.81. The van der Waals surface area contributed by atoms with Crippen LogP contribution in [0, 0.1) is 11.6 Å². The number of hydrogen-bond donors (Lipinski definition) is 1. The van der Waals surface area contributed by atoms with Gasteiger partial charge in [-0.05, 0) is 44.6 Å². The van der Waals surface area contributed by atoms with Crippen LogP contribution in [0.2, 0.25) is 0 Å². The lowest BCUT2D eigenvalue weighted by Crippen LogP contribution is -2.46. The molecule has 0 bridgehead atoms. The molecule has 18 heavy (non-hydrogen) atoms. The highest BCUT2D eigenvalue weighted by Gasteiger charge is 2.20. The fourth-order valence-electron chi connectivity index (χ4n) is 2.19. The largest absolute Gasteiger partial charge is 0.348 e. The average Bonchev–Trinajstić information content (AvgIpc) is 2.32. The monoisotopic (exact) mass is 254 g/mol. The zero-order valence-electron chi connectivity index (χ0n) is 10.2. The van der Waals surface area contributed by atoms with E-state index in [0.717, 1.165) is 38.1 Å². The Morgan fingerprint density at radius 3 is 2.83 bits per heavy atom. The van der Waals surface area contributed by atoms with Gasteiger partial charge in [-0.1, -0.05) is 0 Å². The molecule has 0 aliphatic carbocycles. The molecule has 1 aromatic rings. The van der Waals surface area contributed by atoms with Crippen molar-refractivity contribution in [1.29, 1.82) is 0 Å². The summed E-state index contributed by atoms with van der Waals surface area (Å²) in [5.74, 6) is -2.29. The van der Waals surface area contributed by atoms with Gasteiger partial charge in [0.25, 0.3) is 5.91 Å². The summed E-state index contributed by atoms with van der Waals surface area (Å²) >= 11 is 0. The quantitative estimate of drug-likeness (QED) is 0.872. The molecule has 1 aromatic carbocycles. The van der Waals surface area contributed by atoms with Crippen LogP contribution in [0.4, 0.5) is 8.78 Å². The van der Waals surface area contributed by atoms with Crippen LogP contribution in [0.25, 0.3) is 0 Å². The fraction of sp³-hybridized carbons (Fsp3) is 0.462. The van der Waals surface area contributed by atoms with Crippen LogP contribution in [0.5, 0.6) is 0 Å². The van der Waals surface area contributed by atoms with Gasteiger partial charge in [-0.2, -0.15) is 0 Å². The van der Waals surface area contributed by atoms with Gasteiger partial charge in [-0.15, -0.1) is 0 Å². The number of piperidine rings is 1. The highest BCUT2D eigenvalue weighted by atomic mass is 19.2. The summed E-state index contributed by atoms with van der Waals surface area (Å²) in [5, 5.41) is 2.84. The number of likely N-dealkylation sites (N-methyl/N-ethyl adjacent to an activating group) is 1. The standard InChI is InChI=1S/C13H16F2N2O/c1-17-6-2-3-10(8-17)16-13(18)9-4-5-11(14)12(15)7-9/h4-5,7,10H,2-3,6,8H2,1H3,(H,16,18)/t10-/m1/s1. The van der Waals surface area contributed by atoms with E-state index in [1.807, 2.05) is 7.05 Å². The summed E-state index contributed by atoms with van der Waals surface area (Å²) in [5.41, 5.74) is 0.155. The van der Waals surface area contributed by atoms with Crippen molar-refractivity contribution >= 4 is 5.91 Å². The van der Waals surface area contributed by atoms with Crippen LogP contribution < -0.4 is 5.32 Å². The van der Waals surface area contributed by atoms with Crippen molar-refractivity contribution in [1.82, 2.24) is 10.2 Å². The van der Waals surface area contributed by atoms with E-state index in [1.54, 1.807) is 0 Å². The van der Waals surface area contributed by atoms with Crippen molar-refractivity contribution < 1.29 is 13.6 Å². The number of halogens is 2. The Balaban J connectivity index is 2.00. The van der Waals surface area contributed by atoms with E-state index in [1.165, 1.54) is 6.07 Å². The van der Waals surface area contributed by atoms with E-state index in [4.69, 9.17) is 0 Å². The van der Waals surface area contributed by atoms with Gasteiger partial charge in [0, 0.05) is 18.2 Å². The number of likely N-dealkylation sites (tertiary alicyclic amines) is 1. The maximum absolute atomic E-state index is 13.0. The first kappa shape index (κ1) is 13.0. The SMILES string of the molecule is CN1CCC[C@@H](NC(=O)c2ccc(F)c(F)c2)C1. The van der Waals surface area contributed by atoms with E-state index >= 15 is 0 Å². The van der Waals surface area contributed by atoms with Crippen LogP contribution in [0.15, 0.2) is 18.2 Å². The molecule has 0 aromatic heterocycles. The average molecular weight is 254 g/mol. The fourth-order valence-corrected chi connectivity index (χ4v) is 2.19. The van der Waals surface area contributed by atoms with E-state index in [2.05, 4.69) is 10.2 Å². The van der Waals surface area contributed by atoms with Crippen LogP contribution in [0.3, 0.4) is 0 Å².